The summed E-state index contributed by atoms with van der Waals surface area (Å²) in [5, 5.41) is 12.7. The van der Waals surface area contributed by atoms with Gasteiger partial charge < -0.3 is 10.4 Å². The number of nitrogens with one attached hydrogen (secondary N) is 1. The number of benzene rings is 1. The van der Waals surface area contributed by atoms with Crippen LogP contribution in [0.5, 0.6) is 0 Å². The highest BCUT2D eigenvalue weighted by molar-refractivity contribution is 7.12. The lowest BCUT2D eigenvalue weighted by atomic mass is 10.2. The van der Waals surface area contributed by atoms with Crippen molar-refractivity contribution in [2.24, 2.45) is 0 Å². The van der Waals surface area contributed by atoms with Crippen LogP contribution in [-0.4, -0.2) is 17.0 Å². The largest absolute Gasteiger partial charge is 0.477 e. The molecule has 0 saturated heterocycles. The molecule has 1 aromatic heterocycles. The van der Waals surface area contributed by atoms with Gasteiger partial charge in [-0.15, -0.1) is 11.3 Å². The molecule has 0 aliphatic rings. The summed E-state index contributed by atoms with van der Waals surface area (Å²) in [5.74, 6) is -3.72. The Bertz CT molecular complexity index is 634. The van der Waals surface area contributed by atoms with E-state index in [-0.39, 0.29) is 16.1 Å². The minimum atomic E-state index is -1.18. The molecule has 2 rings (SSSR count). The maximum atomic E-state index is 13.0. The molecule has 0 aliphatic heterocycles. The molecule has 0 fully saturated rings. The third kappa shape index (κ3) is 2.94. The SMILES string of the molecule is O=C(Nc1ccsc1C(=O)O)c1cc(F)cc(F)c1. The second-order valence-electron chi connectivity index (χ2n) is 3.58. The molecule has 0 aliphatic carbocycles. The molecular weight excluding hydrogens is 276 g/mol. The fourth-order valence-electron chi connectivity index (χ4n) is 1.45. The van der Waals surface area contributed by atoms with Gasteiger partial charge in [0.05, 0.1) is 5.69 Å². The summed E-state index contributed by atoms with van der Waals surface area (Å²) >= 11 is 0.939. The molecule has 2 N–H and O–H groups in total. The average Bonchev–Trinajstić information content (AvgIpc) is 2.75. The van der Waals surface area contributed by atoms with E-state index in [1.165, 1.54) is 11.4 Å². The summed E-state index contributed by atoms with van der Waals surface area (Å²) in [4.78, 5) is 22.6. The van der Waals surface area contributed by atoms with E-state index in [1.807, 2.05) is 0 Å². The molecule has 0 bridgehead atoms. The Morgan fingerprint density at radius 2 is 1.79 bits per heavy atom. The molecule has 1 amide bonds. The maximum Gasteiger partial charge on any atom is 0.348 e. The standard InChI is InChI=1S/C12H7F2NO3S/c13-7-3-6(4-8(14)5-7)11(16)15-9-1-2-19-10(9)12(17)18/h1-5H,(H,15,16)(H,17,18). The first-order chi connectivity index (χ1) is 8.97. The first-order valence-electron chi connectivity index (χ1n) is 5.05. The molecule has 98 valence electrons. The number of amides is 1. The van der Waals surface area contributed by atoms with Crippen LogP contribution in [0, 0.1) is 11.6 Å². The van der Waals surface area contributed by atoms with E-state index in [4.69, 9.17) is 5.11 Å². The molecule has 19 heavy (non-hydrogen) atoms. The molecule has 2 aromatic rings. The molecule has 4 nitrogen and oxygen atoms in total. The van der Waals surface area contributed by atoms with Gasteiger partial charge in [-0.05, 0) is 23.6 Å². The van der Waals surface area contributed by atoms with Crippen LogP contribution in [0.4, 0.5) is 14.5 Å². The number of carboxylic acids is 1. The number of carboxylic acid groups (broad SMARTS) is 1. The maximum absolute atomic E-state index is 13.0. The fraction of sp³-hybridized carbons (Fsp3) is 0. The van der Waals surface area contributed by atoms with Gasteiger partial charge in [0.1, 0.15) is 16.5 Å². The molecule has 0 saturated carbocycles. The Labute approximate surface area is 110 Å². The van der Waals surface area contributed by atoms with Crippen molar-refractivity contribution in [3.63, 3.8) is 0 Å². The Morgan fingerprint density at radius 3 is 2.37 bits per heavy atom. The number of carbonyl (C=O) groups excluding carboxylic acids is 1. The number of rotatable bonds is 3. The van der Waals surface area contributed by atoms with Crippen LogP contribution in [0.1, 0.15) is 20.0 Å². The van der Waals surface area contributed by atoms with Crippen LogP contribution in [0.15, 0.2) is 29.6 Å². The van der Waals surface area contributed by atoms with Gasteiger partial charge in [-0.2, -0.15) is 0 Å². The number of thiophene rings is 1. The van der Waals surface area contributed by atoms with Crippen molar-refractivity contribution in [1.29, 1.82) is 0 Å². The number of hydrogen-bond donors (Lipinski definition) is 2. The normalized spacial score (nSPS) is 10.2. The lowest BCUT2D eigenvalue weighted by molar-refractivity contribution is 0.0703. The third-order valence-corrected chi connectivity index (χ3v) is 3.13. The Kier molecular flexibility index (Phi) is 3.57. The van der Waals surface area contributed by atoms with Crippen molar-refractivity contribution >= 4 is 28.9 Å². The summed E-state index contributed by atoms with van der Waals surface area (Å²) in [6.07, 6.45) is 0. The van der Waals surface area contributed by atoms with Crippen LogP contribution in [-0.2, 0) is 0 Å². The predicted molar refractivity (Wildman–Crippen MR) is 65.6 cm³/mol. The molecule has 1 heterocycles. The van der Waals surface area contributed by atoms with Gasteiger partial charge in [0, 0.05) is 11.6 Å². The quantitative estimate of drug-likeness (QED) is 0.910. The number of aromatic carboxylic acids is 1. The first-order valence-corrected chi connectivity index (χ1v) is 5.93. The van der Waals surface area contributed by atoms with E-state index < -0.39 is 23.5 Å². The molecular formula is C12H7F2NO3S. The molecule has 7 heteroatoms. The van der Waals surface area contributed by atoms with Crippen molar-refractivity contribution in [3.8, 4) is 0 Å². The van der Waals surface area contributed by atoms with Gasteiger partial charge in [0.15, 0.2) is 0 Å². The Morgan fingerprint density at radius 1 is 1.16 bits per heavy atom. The zero-order valence-electron chi connectivity index (χ0n) is 9.31. The number of halogens is 2. The average molecular weight is 283 g/mol. The molecule has 0 atom stereocenters. The van der Waals surface area contributed by atoms with Crippen molar-refractivity contribution in [3.05, 3.63) is 51.7 Å². The Hall–Kier alpha value is -2.28. The fourth-order valence-corrected chi connectivity index (χ4v) is 2.14. The van der Waals surface area contributed by atoms with Gasteiger partial charge in [-0.25, -0.2) is 13.6 Å². The molecule has 0 unspecified atom stereocenters. The van der Waals surface area contributed by atoms with E-state index in [2.05, 4.69) is 5.32 Å². The van der Waals surface area contributed by atoms with Gasteiger partial charge in [-0.1, -0.05) is 0 Å². The van der Waals surface area contributed by atoms with E-state index >= 15 is 0 Å². The molecule has 1 aromatic carbocycles. The highest BCUT2D eigenvalue weighted by Gasteiger charge is 2.15. The summed E-state index contributed by atoms with van der Waals surface area (Å²) < 4.78 is 25.9. The minimum absolute atomic E-state index is 0.0507. The van der Waals surface area contributed by atoms with Gasteiger partial charge >= 0.3 is 5.97 Å². The zero-order valence-corrected chi connectivity index (χ0v) is 10.1. The van der Waals surface area contributed by atoms with Crippen molar-refractivity contribution in [1.82, 2.24) is 0 Å². The smallest absolute Gasteiger partial charge is 0.348 e. The molecule has 0 radical (unpaired) electrons. The van der Waals surface area contributed by atoms with Crippen LogP contribution in [0.2, 0.25) is 0 Å². The van der Waals surface area contributed by atoms with Crippen molar-refractivity contribution in [2.45, 2.75) is 0 Å². The monoisotopic (exact) mass is 283 g/mol. The molecule has 0 spiro atoms. The predicted octanol–water partition coefficient (Wildman–Crippen LogP) is 2.98. The summed E-state index contributed by atoms with van der Waals surface area (Å²) in [6, 6.07) is 3.78. The highest BCUT2D eigenvalue weighted by atomic mass is 32.1. The summed E-state index contributed by atoms with van der Waals surface area (Å²) in [6.45, 7) is 0. The van der Waals surface area contributed by atoms with Crippen LogP contribution in [0.3, 0.4) is 0 Å². The van der Waals surface area contributed by atoms with E-state index in [0.717, 1.165) is 23.5 Å². The van der Waals surface area contributed by atoms with Crippen LogP contribution >= 0.6 is 11.3 Å². The topological polar surface area (TPSA) is 66.4 Å². The van der Waals surface area contributed by atoms with E-state index in [1.54, 1.807) is 0 Å². The summed E-state index contributed by atoms with van der Waals surface area (Å²) in [5.41, 5.74) is -0.132. The van der Waals surface area contributed by atoms with Crippen LogP contribution < -0.4 is 5.32 Å². The van der Waals surface area contributed by atoms with E-state index in [0.29, 0.717) is 6.07 Å². The van der Waals surface area contributed by atoms with Crippen molar-refractivity contribution < 1.29 is 23.5 Å². The third-order valence-electron chi connectivity index (χ3n) is 2.23. The highest BCUT2D eigenvalue weighted by Crippen LogP contribution is 2.23. The van der Waals surface area contributed by atoms with Gasteiger partial charge in [0.25, 0.3) is 5.91 Å². The van der Waals surface area contributed by atoms with E-state index in [9.17, 15) is 18.4 Å². The second kappa shape index (κ2) is 5.15. The zero-order chi connectivity index (χ0) is 14.0. The van der Waals surface area contributed by atoms with Crippen molar-refractivity contribution in [2.75, 3.05) is 5.32 Å². The second-order valence-corrected chi connectivity index (χ2v) is 4.50. The van der Waals surface area contributed by atoms with Gasteiger partial charge in [0.2, 0.25) is 0 Å². The lowest BCUT2D eigenvalue weighted by Gasteiger charge is -2.05. The number of carbonyl (C=O) groups is 2. The van der Waals surface area contributed by atoms with Gasteiger partial charge in [-0.3, -0.25) is 4.79 Å². The number of hydrogen-bond acceptors (Lipinski definition) is 3. The number of anilines is 1. The summed E-state index contributed by atoms with van der Waals surface area (Å²) in [7, 11) is 0. The van der Waals surface area contributed by atoms with Crippen LogP contribution in [0.25, 0.3) is 0 Å². The minimum Gasteiger partial charge on any atom is -0.477 e. The lowest BCUT2D eigenvalue weighted by Crippen LogP contribution is -2.14. The Balaban J connectivity index is 2.25. The first kappa shape index (κ1) is 13.2.